The van der Waals surface area contributed by atoms with Gasteiger partial charge in [0.05, 0.1) is 48.5 Å². The molecule has 112 heavy (non-hydrogen) atoms. The third kappa shape index (κ3) is 29.7. The number of aliphatic hydroxyl groups excluding tert-OH is 1. The fourth-order valence-corrected chi connectivity index (χ4v) is 15.5. The van der Waals surface area contributed by atoms with Crippen molar-refractivity contribution in [1.29, 1.82) is 0 Å². The van der Waals surface area contributed by atoms with Crippen LogP contribution in [0, 0.1) is 0 Å². The van der Waals surface area contributed by atoms with E-state index < -0.39 is 209 Å². The quantitative estimate of drug-likeness (QED) is 0.0243. The molecule has 1 aromatic carbocycles. The predicted octanol–water partition coefficient (Wildman–Crippen LogP) is -6.10. The Balaban J connectivity index is 1.29. The summed E-state index contributed by atoms with van der Waals surface area (Å²) in [7, 11) is 0. The molecule has 6 rings (SSSR count). The molecule has 0 spiro atoms. The molecule has 5 heterocycles. The van der Waals surface area contributed by atoms with Crippen molar-refractivity contribution in [1.82, 2.24) is 77.3 Å². The number of benzene rings is 1. The standard InChI is InChI=1S/C70H103N17O23S2/c1-3-4-6-18-51(90)74-47-39-112-59-58(67(107)81-68(59)108)111-38-46(64(104)78-45(33-53(92)93)63(103)75-42(60(72)100)15-9-10-21-73-52(91)34-82-24-26-83(35-54(94)95)28-30-85(37-56(98)99)31-29-84(27-25-82)36-55(96)97)79-62(102)44(32-41-13-7-5-8-14-41)77-61(101)43(19-20-50(71)89)76-66(106)57(40(2)88)80-65(105)48-16-11-22-86(48)70(110)49-17-12-23-87(49)69(47)109/h5,7-8,13-14,40,42-49,57,88H,3-4,6,9-12,15-39H2,1-2H3,(H2,71,89)(H2,72,100)(H,73,91)(H,74,90)(H,75,103)(H,76,106)(H,77,101)(H,78,104)(H,79,102)(H,80,105)(H,92,93)(H,94,95)(H,96,97)(H,98,99)(H,81,107,108)/t40-,42+,43+,44+,45+,46+,47+,48+,49+,57+/m1/s1. The summed E-state index contributed by atoms with van der Waals surface area (Å²) in [4.78, 5) is 253. The maximum absolute atomic E-state index is 15.1. The van der Waals surface area contributed by atoms with Gasteiger partial charge < -0.3 is 89.3 Å². The third-order valence-corrected chi connectivity index (χ3v) is 21.6. The van der Waals surface area contributed by atoms with Crippen LogP contribution in [0.25, 0.3) is 0 Å². The number of imide groups is 1. The highest BCUT2D eigenvalue weighted by Gasteiger charge is 2.46. The number of hydrogen-bond donors (Lipinski definition) is 16. The fraction of sp³-hybridized carbons (Fsp3) is 0.629. The molecule has 3 saturated heterocycles. The second kappa shape index (κ2) is 45.6. The fourth-order valence-electron chi connectivity index (χ4n) is 13.2. The summed E-state index contributed by atoms with van der Waals surface area (Å²) in [6, 6.07) is -7.03. The molecular weight excluding hydrogens is 1510 g/mol. The van der Waals surface area contributed by atoms with E-state index in [9.17, 15) is 107 Å². The molecule has 5 aliphatic rings. The molecule has 40 nitrogen and oxygen atoms in total. The number of amides is 14. The number of carbonyl (C=O) groups is 18. The Morgan fingerprint density at radius 2 is 1.10 bits per heavy atom. The molecule has 3 fully saturated rings. The van der Waals surface area contributed by atoms with E-state index in [-0.39, 0.29) is 142 Å². The first-order valence-electron chi connectivity index (χ1n) is 37.1. The van der Waals surface area contributed by atoms with Gasteiger partial charge in [-0.15, -0.1) is 23.5 Å². The molecule has 1 aromatic rings. The number of unbranched alkanes of at least 4 members (excludes halogenated alkanes) is 3. The highest BCUT2D eigenvalue weighted by atomic mass is 32.2. The van der Waals surface area contributed by atoms with E-state index >= 15 is 4.79 Å². The predicted molar refractivity (Wildman–Crippen MR) is 399 cm³/mol. The van der Waals surface area contributed by atoms with Crippen molar-refractivity contribution < 1.29 is 112 Å². The van der Waals surface area contributed by atoms with Crippen molar-refractivity contribution in [3.05, 3.63) is 45.7 Å². The Kier molecular flexibility index (Phi) is 37.0. The molecule has 18 N–H and O–H groups in total. The van der Waals surface area contributed by atoms with Crippen molar-refractivity contribution in [2.75, 3.05) is 110 Å². The molecule has 14 amide bonds. The Morgan fingerprint density at radius 1 is 0.562 bits per heavy atom. The number of aliphatic hydroxyl groups is 1. The van der Waals surface area contributed by atoms with Gasteiger partial charge in [0.15, 0.2) is 0 Å². The molecule has 0 radical (unpaired) electrons. The Hall–Kier alpha value is -9.88. The third-order valence-electron chi connectivity index (χ3n) is 19.1. The largest absolute Gasteiger partial charge is 0.481 e. The first-order chi connectivity index (χ1) is 53.2. The number of aliphatic carboxylic acids is 4. The highest BCUT2D eigenvalue weighted by Crippen LogP contribution is 2.34. The van der Waals surface area contributed by atoms with Gasteiger partial charge in [-0.25, -0.2) is 0 Å². The molecule has 0 aliphatic carbocycles. The number of fused-ring (bicyclic) bond motifs is 2. The van der Waals surface area contributed by atoms with E-state index in [4.69, 9.17) is 11.5 Å². The average Bonchev–Trinajstić information content (AvgIpc) is 1.59. The van der Waals surface area contributed by atoms with Crippen molar-refractivity contribution in [3.8, 4) is 0 Å². The number of thioether (sulfide) groups is 2. The minimum Gasteiger partial charge on any atom is -0.481 e. The molecule has 0 bridgehead atoms. The summed E-state index contributed by atoms with van der Waals surface area (Å²) in [6.45, 7) is 2.90. The zero-order chi connectivity index (χ0) is 82.3. The summed E-state index contributed by atoms with van der Waals surface area (Å²) in [5.74, 6) is -19.9. The van der Waals surface area contributed by atoms with E-state index in [0.717, 1.165) is 13.3 Å². The number of primary amides is 2. The van der Waals surface area contributed by atoms with Crippen LogP contribution < -0.4 is 59.3 Å². The lowest BCUT2D eigenvalue weighted by atomic mass is 10.0. The summed E-state index contributed by atoms with van der Waals surface area (Å²) >= 11 is 1.14. The van der Waals surface area contributed by atoms with Gasteiger partial charge in [-0.3, -0.25) is 111 Å². The van der Waals surface area contributed by atoms with Gasteiger partial charge in [-0.05, 0) is 70.3 Å². The van der Waals surface area contributed by atoms with Crippen LogP contribution in [-0.2, 0) is 92.7 Å². The number of nitrogens with one attached hydrogen (secondary N) is 9. The van der Waals surface area contributed by atoms with Gasteiger partial charge in [-0.2, -0.15) is 0 Å². The number of hydrogen-bond acceptors (Lipinski definition) is 25. The Bertz CT molecular complexity index is 3600. The molecule has 0 aromatic heterocycles. The van der Waals surface area contributed by atoms with Gasteiger partial charge in [-0.1, -0.05) is 50.1 Å². The number of nitrogens with two attached hydrogens (primary N) is 2. The minimum absolute atomic E-state index is 0.00354. The minimum atomic E-state index is -2.09. The smallest absolute Gasteiger partial charge is 0.317 e. The normalized spacial score (nSPS) is 23.2. The number of nitrogens with zero attached hydrogens (tertiary/aromatic N) is 6. The SMILES string of the molecule is CCCCCC(=O)N[C@H]1CSC2=C(SC[C@@H](C(=O)N[C@@H](CC(=O)O)C(=O)N[C@@H](CCCCNC(=O)CN3CCN(CC(=O)O)CCN(CC(=O)O)CCN(CC(=O)O)CC3)C(N)=O)NC(=O)[C@H](Cc3ccccc3)NC(=O)[C@H](CCC(N)=O)NC(=O)[C@H]([C@@H](C)O)NC(=O)[C@@H]3CCCN3C(=O)[C@@H]3CCCN3C1=O)C(=O)NC2=O. The highest BCUT2D eigenvalue weighted by molar-refractivity contribution is 8.08. The van der Waals surface area contributed by atoms with Crippen LogP contribution in [0.5, 0.6) is 0 Å². The van der Waals surface area contributed by atoms with E-state index in [0.29, 0.717) is 54.8 Å². The topological polar surface area (TPSA) is 588 Å². The van der Waals surface area contributed by atoms with Gasteiger partial charge in [0.1, 0.15) is 54.4 Å². The van der Waals surface area contributed by atoms with Crippen molar-refractivity contribution in [3.63, 3.8) is 0 Å². The van der Waals surface area contributed by atoms with E-state index in [2.05, 4.69) is 47.9 Å². The maximum Gasteiger partial charge on any atom is 0.317 e. The molecule has 42 heteroatoms. The van der Waals surface area contributed by atoms with Crippen LogP contribution in [0.15, 0.2) is 40.1 Å². The number of carbonyl (C=O) groups excluding carboxylic acids is 14. The van der Waals surface area contributed by atoms with Crippen molar-refractivity contribution >= 4 is 130 Å². The summed E-state index contributed by atoms with van der Waals surface area (Å²) in [5.41, 5.74) is 11.6. The maximum atomic E-state index is 15.1. The summed E-state index contributed by atoms with van der Waals surface area (Å²) in [6.07, 6.45) is -1.81. The summed E-state index contributed by atoms with van der Waals surface area (Å²) < 4.78 is 0. The summed E-state index contributed by atoms with van der Waals surface area (Å²) in [5, 5.41) is 72.1. The van der Waals surface area contributed by atoms with Gasteiger partial charge >= 0.3 is 23.9 Å². The monoisotopic (exact) mass is 1610 g/mol. The Morgan fingerprint density at radius 3 is 1.63 bits per heavy atom. The molecule has 5 aliphatic heterocycles. The second-order valence-electron chi connectivity index (χ2n) is 27.9. The van der Waals surface area contributed by atoms with Crippen LogP contribution >= 0.6 is 23.5 Å². The zero-order valence-corrected chi connectivity index (χ0v) is 64.2. The molecule has 0 unspecified atom stereocenters. The molecule has 10 atom stereocenters. The van der Waals surface area contributed by atoms with Gasteiger partial charge in [0.25, 0.3) is 11.8 Å². The number of carboxylic acid groups (broad SMARTS) is 4. The number of carboxylic acids is 4. The second-order valence-corrected chi connectivity index (χ2v) is 29.9. The van der Waals surface area contributed by atoms with Gasteiger partial charge in [0, 0.05) is 103 Å². The number of rotatable bonds is 31. The van der Waals surface area contributed by atoms with Crippen LogP contribution in [-0.4, -0.2) is 332 Å². The average molecular weight is 1610 g/mol. The van der Waals surface area contributed by atoms with Crippen LogP contribution in [0.2, 0.25) is 0 Å². The lowest BCUT2D eigenvalue weighted by Crippen LogP contribution is -2.62. The zero-order valence-electron chi connectivity index (χ0n) is 62.5. The van der Waals surface area contributed by atoms with Crippen LogP contribution in [0.4, 0.5) is 0 Å². The molecular formula is C70H103N17O23S2. The van der Waals surface area contributed by atoms with Crippen LogP contribution in [0.3, 0.4) is 0 Å². The first-order valence-corrected chi connectivity index (χ1v) is 39.1. The van der Waals surface area contributed by atoms with E-state index in [1.807, 2.05) is 6.92 Å². The molecule has 0 saturated carbocycles. The lowest BCUT2D eigenvalue weighted by Gasteiger charge is -2.33. The van der Waals surface area contributed by atoms with E-state index in [1.54, 1.807) is 49.9 Å². The molecule has 618 valence electrons. The Labute approximate surface area is 653 Å². The van der Waals surface area contributed by atoms with Crippen LogP contribution in [0.1, 0.15) is 109 Å². The first kappa shape index (κ1) is 91.0. The lowest BCUT2D eigenvalue weighted by molar-refractivity contribution is -0.148. The van der Waals surface area contributed by atoms with E-state index in [1.165, 1.54) is 9.80 Å². The van der Waals surface area contributed by atoms with Gasteiger partial charge in [0.2, 0.25) is 70.9 Å². The van der Waals surface area contributed by atoms with Crippen molar-refractivity contribution in [2.45, 2.75) is 171 Å². The van der Waals surface area contributed by atoms with Crippen molar-refractivity contribution in [2.24, 2.45) is 11.5 Å².